The molecular weight excluding hydrogens is 455 g/mol. The molecule has 0 unspecified atom stereocenters. The fourth-order valence-corrected chi connectivity index (χ4v) is 3.72. The number of aromatic nitrogens is 1. The Morgan fingerprint density at radius 2 is 1.69 bits per heavy atom. The molecule has 0 bridgehead atoms. The maximum absolute atomic E-state index is 13.3. The third kappa shape index (κ3) is 4.12. The Balaban J connectivity index is 1.70. The topological polar surface area (TPSA) is 102 Å². The van der Waals surface area contributed by atoms with E-state index in [0.717, 1.165) is 0 Å². The average molecular weight is 469 g/mol. The Morgan fingerprint density at radius 3 is 2.41 bits per heavy atom. The largest absolute Gasteiger partial charge is 0.453 e. The third-order valence-electron chi connectivity index (χ3n) is 4.96. The van der Waals surface area contributed by atoms with Crippen LogP contribution in [-0.2, 0) is 14.3 Å². The van der Waals surface area contributed by atoms with Gasteiger partial charge in [-0.25, -0.2) is 4.79 Å². The summed E-state index contributed by atoms with van der Waals surface area (Å²) < 4.78 is 5.38. The van der Waals surface area contributed by atoms with Crippen molar-refractivity contribution in [1.29, 1.82) is 0 Å². The molecule has 2 heterocycles. The van der Waals surface area contributed by atoms with Gasteiger partial charge in [0.1, 0.15) is 12.0 Å². The molecule has 9 heteroatoms. The number of carbonyl (C=O) groups is 4. The highest BCUT2D eigenvalue weighted by Gasteiger charge is 2.46. The molecule has 0 spiro atoms. The summed E-state index contributed by atoms with van der Waals surface area (Å²) in [6, 6.07) is 13.5. The molecule has 3 aromatic rings. The van der Waals surface area contributed by atoms with Crippen LogP contribution in [-0.4, -0.2) is 28.4 Å². The molecule has 160 valence electrons. The first-order valence-corrected chi connectivity index (χ1v) is 10.2. The van der Waals surface area contributed by atoms with Crippen molar-refractivity contribution in [2.45, 2.75) is 6.10 Å². The number of hydrogen-bond acceptors (Lipinski definition) is 6. The van der Waals surface area contributed by atoms with Gasteiger partial charge in [-0.15, -0.1) is 0 Å². The summed E-state index contributed by atoms with van der Waals surface area (Å²) in [7, 11) is 0. The molecule has 2 aromatic carbocycles. The number of nitrogens with one attached hydrogen (secondary N) is 1. The molecular formula is C23H14Cl2N2O5. The Bertz CT molecular complexity index is 1250. The number of Topliss-reactive ketones (excluding diaryl/α,β-unsaturated/α-hetero) is 2. The van der Waals surface area contributed by atoms with E-state index in [2.05, 4.69) is 10.3 Å². The van der Waals surface area contributed by atoms with E-state index in [1.165, 1.54) is 48.8 Å². The zero-order valence-corrected chi connectivity index (χ0v) is 17.8. The van der Waals surface area contributed by atoms with Crippen LogP contribution in [0.25, 0.3) is 0 Å². The van der Waals surface area contributed by atoms with Gasteiger partial charge in [0.25, 0.3) is 5.91 Å². The van der Waals surface area contributed by atoms with Crippen LogP contribution in [0, 0.1) is 5.92 Å². The number of ether oxygens (including phenoxy) is 1. The number of benzene rings is 2. The number of ketones is 2. The van der Waals surface area contributed by atoms with Crippen LogP contribution in [0.2, 0.25) is 10.0 Å². The molecule has 7 nitrogen and oxygen atoms in total. The van der Waals surface area contributed by atoms with Gasteiger partial charge in [0.2, 0.25) is 5.78 Å². The highest BCUT2D eigenvalue weighted by atomic mass is 35.5. The molecule has 0 aliphatic carbocycles. The van der Waals surface area contributed by atoms with Gasteiger partial charge in [0, 0.05) is 29.2 Å². The van der Waals surface area contributed by atoms with E-state index in [0.29, 0.717) is 5.56 Å². The molecule has 0 saturated carbocycles. The number of pyridine rings is 1. The quantitative estimate of drug-likeness (QED) is 0.250. The molecule has 1 amide bonds. The van der Waals surface area contributed by atoms with E-state index in [-0.39, 0.29) is 26.9 Å². The number of esters is 1. The standard InChI is InChI=1S/C23H14Cl2N2O5/c24-16-6-5-13(11-17(16)25)27-22(30)20(29)18(19(28)12-7-9-26-10-8-12)21-14-3-1-2-4-15(14)23(31)32-21/h1-11,18,21H,(H,27,30)/t18-,21-/m0/s1. The molecule has 1 aliphatic rings. The zero-order chi connectivity index (χ0) is 22.8. The molecule has 32 heavy (non-hydrogen) atoms. The van der Waals surface area contributed by atoms with Gasteiger partial charge in [-0.2, -0.15) is 0 Å². The molecule has 1 N–H and O–H groups in total. The minimum Gasteiger partial charge on any atom is -0.453 e. The summed E-state index contributed by atoms with van der Waals surface area (Å²) in [5.41, 5.74) is 0.973. The Hall–Kier alpha value is -3.55. The van der Waals surface area contributed by atoms with Crippen LogP contribution in [0.1, 0.15) is 32.4 Å². The van der Waals surface area contributed by atoms with E-state index in [4.69, 9.17) is 27.9 Å². The van der Waals surface area contributed by atoms with E-state index in [9.17, 15) is 19.2 Å². The van der Waals surface area contributed by atoms with Crippen LogP contribution in [0.3, 0.4) is 0 Å². The van der Waals surface area contributed by atoms with Gasteiger partial charge >= 0.3 is 5.97 Å². The van der Waals surface area contributed by atoms with Crippen LogP contribution in [0.5, 0.6) is 0 Å². The summed E-state index contributed by atoms with van der Waals surface area (Å²) in [5.74, 6) is -5.05. The molecule has 2 atom stereocenters. The number of amides is 1. The first kappa shape index (κ1) is 21.7. The monoisotopic (exact) mass is 468 g/mol. The summed E-state index contributed by atoms with van der Waals surface area (Å²) in [6.45, 7) is 0. The normalized spacial score (nSPS) is 15.4. The fraction of sp³-hybridized carbons (Fsp3) is 0.0870. The van der Waals surface area contributed by atoms with Gasteiger partial charge in [0.15, 0.2) is 5.78 Å². The Morgan fingerprint density at radius 1 is 0.969 bits per heavy atom. The van der Waals surface area contributed by atoms with E-state index in [1.807, 2.05) is 0 Å². The van der Waals surface area contributed by atoms with Crippen molar-refractivity contribution in [1.82, 2.24) is 4.98 Å². The van der Waals surface area contributed by atoms with Crippen molar-refractivity contribution in [3.05, 3.63) is 93.7 Å². The lowest BCUT2D eigenvalue weighted by molar-refractivity contribution is -0.138. The minimum atomic E-state index is -1.59. The lowest BCUT2D eigenvalue weighted by Gasteiger charge is -2.21. The summed E-state index contributed by atoms with van der Waals surface area (Å²) in [6.07, 6.45) is 1.53. The van der Waals surface area contributed by atoms with Gasteiger partial charge in [-0.1, -0.05) is 41.4 Å². The van der Waals surface area contributed by atoms with Crippen LogP contribution < -0.4 is 5.32 Å². The molecule has 0 radical (unpaired) electrons. The third-order valence-corrected chi connectivity index (χ3v) is 5.69. The van der Waals surface area contributed by atoms with Gasteiger partial charge in [0.05, 0.1) is 15.6 Å². The molecule has 0 fully saturated rings. The zero-order valence-electron chi connectivity index (χ0n) is 16.2. The first-order chi connectivity index (χ1) is 15.4. The number of halogens is 2. The van der Waals surface area contributed by atoms with Gasteiger partial charge in [-0.3, -0.25) is 19.4 Å². The second-order valence-electron chi connectivity index (χ2n) is 6.94. The second kappa shape index (κ2) is 8.90. The van der Waals surface area contributed by atoms with Gasteiger partial charge in [-0.05, 0) is 36.4 Å². The van der Waals surface area contributed by atoms with E-state index < -0.39 is 35.5 Å². The SMILES string of the molecule is O=C(Nc1ccc(Cl)c(Cl)c1)C(=O)[C@H](C(=O)c1ccncc1)[C@H]1OC(=O)c2ccccc21. The minimum absolute atomic E-state index is 0.154. The van der Waals surface area contributed by atoms with Crippen molar-refractivity contribution in [2.75, 3.05) is 5.32 Å². The molecule has 0 saturated heterocycles. The lowest BCUT2D eigenvalue weighted by atomic mass is 9.85. The van der Waals surface area contributed by atoms with Crippen molar-refractivity contribution in [2.24, 2.45) is 5.92 Å². The maximum atomic E-state index is 13.3. The highest BCUT2D eigenvalue weighted by Crippen LogP contribution is 2.38. The maximum Gasteiger partial charge on any atom is 0.339 e. The molecule has 4 rings (SSSR count). The van der Waals surface area contributed by atoms with Crippen LogP contribution in [0.15, 0.2) is 67.0 Å². The number of hydrogen-bond donors (Lipinski definition) is 1. The molecule has 1 aromatic heterocycles. The Labute approximate surface area is 192 Å². The summed E-state index contributed by atoms with van der Waals surface area (Å²) in [4.78, 5) is 55.5. The summed E-state index contributed by atoms with van der Waals surface area (Å²) >= 11 is 11.8. The van der Waals surface area contributed by atoms with Crippen molar-refractivity contribution in [3.8, 4) is 0 Å². The number of nitrogens with zero attached hydrogens (tertiary/aromatic N) is 1. The number of fused-ring (bicyclic) bond motifs is 1. The summed E-state index contributed by atoms with van der Waals surface area (Å²) in [5, 5.41) is 2.87. The fourth-order valence-electron chi connectivity index (χ4n) is 3.42. The number of anilines is 1. The predicted octanol–water partition coefficient (Wildman–Crippen LogP) is 4.31. The smallest absolute Gasteiger partial charge is 0.339 e. The van der Waals surface area contributed by atoms with E-state index >= 15 is 0 Å². The lowest BCUT2D eigenvalue weighted by Crippen LogP contribution is -2.38. The average Bonchev–Trinajstić information content (AvgIpc) is 3.13. The highest BCUT2D eigenvalue weighted by molar-refractivity contribution is 6.46. The molecule has 1 aliphatic heterocycles. The van der Waals surface area contributed by atoms with Crippen LogP contribution >= 0.6 is 23.2 Å². The first-order valence-electron chi connectivity index (χ1n) is 9.41. The number of rotatable bonds is 6. The van der Waals surface area contributed by atoms with Crippen molar-refractivity contribution >= 4 is 52.3 Å². The number of carbonyl (C=O) groups excluding carboxylic acids is 4. The van der Waals surface area contributed by atoms with Crippen molar-refractivity contribution < 1.29 is 23.9 Å². The van der Waals surface area contributed by atoms with Crippen LogP contribution in [0.4, 0.5) is 5.69 Å². The van der Waals surface area contributed by atoms with Gasteiger partial charge < -0.3 is 10.1 Å². The number of cyclic esters (lactones) is 1. The van der Waals surface area contributed by atoms with Crippen molar-refractivity contribution in [3.63, 3.8) is 0 Å². The second-order valence-corrected chi connectivity index (χ2v) is 7.75. The Kier molecular flexibility index (Phi) is 6.03. The van der Waals surface area contributed by atoms with E-state index in [1.54, 1.807) is 18.2 Å². The predicted molar refractivity (Wildman–Crippen MR) is 117 cm³/mol.